The van der Waals surface area contributed by atoms with Gasteiger partial charge in [-0.25, -0.2) is 4.79 Å². The Morgan fingerprint density at radius 2 is 1.44 bits per heavy atom. The number of hydrogen-bond acceptors (Lipinski definition) is 7. The molecular weight excluding hydrogens is 242 g/mol. The molecule has 2 aliphatic heterocycles. The quantitative estimate of drug-likeness (QED) is 0.479. The molecule has 0 aromatic rings. The number of ether oxygens (including phenoxy) is 3. The Kier molecular flexibility index (Phi) is 4.88. The smallest absolute Gasteiger partial charge is 0.379 e. The van der Waals surface area contributed by atoms with Crippen molar-refractivity contribution >= 4 is 12.6 Å². The van der Waals surface area contributed by atoms with Gasteiger partial charge in [0.05, 0.1) is 26.4 Å². The Morgan fingerprint density at radius 3 is 1.83 bits per heavy atom. The lowest BCUT2D eigenvalue weighted by Crippen LogP contribution is -2.61. The third-order valence-corrected chi connectivity index (χ3v) is 2.82. The number of morpholine rings is 2. The van der Waals surface area contributed by atoms with E-state index >= 15 is 0 Å². The molecule has 0 N–H and O–H groups in total. The summed E-state index contributed by atoms with van der Waals surface area (Å²) in [6.07, 6.45) is -0.686. The van der Waals surface area contributed by atoms with Crippen LogP contribution in [0.3, 0.4) is 0 Å². The molecule has 102 valence electrons. The van der Waals surface area contributed by atoms with Crippen molar-refractivity contribution in [2.75, 3.05) is 52.6 Å². The lowest BCUT2D eigenvalue weighted by atomic mass is 10.5. The maximum Gasteiger partial charge on any atom is 0.447 e. The summed E-state index contributed by atoms with van der Waals surface area (Å²) in [5, 5.41) is 5.03. The SMILES string of the molecule is O=COC(=O)N(N1CCOCC1)N1CCOCC1. The highest BCUT2D eigenvalue weighted by molar-refractivity contribution is 5.74. The van der Waals surface area contributed by atoms with Gasteiger partial charge in [-0.05, 0) is 0 Å². The minimum Gasteiger partial charge on any atom is -0.379 e. The molecule has 8 heteroatoms. The van der Waals surface area contributed by atoms with E-state index in [9.17, 15) is 9.59 Å². The van der Waals surface area contributed by atoms with Gasteiger partial charge in [0.15, 0.2) is 0 Å². The van der Waals surface area contributed by atoms with Gasteiger partial charge in [0.1, 0.15) is 0 Å². The van der Waals surface area contributed by atoms with Crippen molar-refractivity contribution < 1.29 is 23.8 Å². The lowest BCUT2D eigenvalue weighted by Gasteiger charge is -2.43. The van der Waals surface area contributed by atoms with Crippen LogP contribution >= 0.6 is 0 Å². The molecule has 0 aliphatic carbocycles. The van der Waals surface area contributed by atoms with E-state index in [1.54, 1.807) is 0 Å². The normalized spacial score (nSPS) is 22.4. The molecule has 2 saturated heterocycles. The van der Waals surface area contributed by atoms with E-state index < -0.39 is 6.09 Å². The summed E-state index contributed by atoms with van der Waals surface area (Å²) in [7, 11) is 0. The minimum atomic E-state index is -0.686. The van der Waals surface area contributed by atoms with E-state index in [0.29, 0.717) is 52.6 Å². The first kappa shape index (κ1) is 13.2. The van der Waals surface area contributed by atoms with Crippen molar-refractivity contribution in [1.82, 2.24) is 15.1 Å². The lowest BCUT2D eigenvalue weighted by molar-refractivity contribution is -0.202. The average molecular weight is 259 g/mol. The topological polar surface area (TPSA) is 71.6 Å². The third-order valence-electron chi connectivity index (χ3n) is 2.82. The molecule has 1 amide bonds. The third kappa shape index (κ3) is 3.16. The van der Waals surface area contributed by atoms with Gasteiger partial charge in [0.2, 0.25) is 0 Å². The van der Waals surface area contributed by atoms with Gasteiger partial charge in [0, 0.05) is 26.2 Å². The molecule has 0 aromatic heterocycles. The van der Waals surface area contributed by atoms with Crippen molar-refractivity contribution in [2.24, 2.45) is 0 Å². The Balaban J connectivity index is 2.04. The van der Waals surface area contributed by atoms with Crippen LogP contribution in [0.4, 0.5) is 4.79 Å². The molecule has 2 heterocycles. The van der Waals surface area contributed by atoms with Crippen LogP contribution in [0.15, 0.2) is 0 Å². The van der Waals surface area contributed by atoms with Crippen LogP contribution in [0.5, 0.6) is 0 Å². The van der Waals surface area contributed by atoms with Gasteiger partial charge < -0.3 is 14.2 Å². The maximum absolute atomic E-state index is 11.8. The number of hydrazine groups is 2. The van der Waals surface area contributed by atoms with E-state index in [1.807, 2.05) is 10.0 Å². The fraction of sp³-hybridized carbons (Fsp3) is 0.800. The molecule has 0 atom stereocenters. The molecule has 0 bridgehead atoms. The van der Waals surface area contributed by atoms with Crippen LogP contribution in [-0.2, 0) is 19.0 Å². The van der Waals surface area contributed by atoms with Crippen LogP contribution in [0, 0.1) is 0 Å². The molecular formula is C10H17N3O5. The number of carbonyl (C=O) groups excluding carboxylic acids is 2. The van der Waals surface area contributed by atoms with Crippen molar-refractivity contribution in [1.29, 1.82) is 0 Å². The van der Waals surface area contributed by atoms with Crippen molar-refractivity contribution in [3.05, 3.63) is 0 Å². The van der Waals surface area contributed by atoms with Crippen LogP contribution in [-0.4, -0.2) is 80.3 Å². The zero-order valence-corrected chi connectivity index (χ0v) is 10.1. The zero-order chi connectivity index (χ0) is 12.8. The highest BCUT2D eigenvalue weighted by Crippen LogP contribution is 2.11. The molecule has 2 fully saturated rings. The minimum absolute atomic E-state index is 0.149. The number of amides is 1. The van der Waals surface area contributed by atoms with Crippen molar-refractivity contribution in [3.8, 4) is 0 Å². The van der Waals surface area contributed by atoms with Gasteiger partial charge in [0.25, 0.3) is 0 Å². The molecule has 0 radical (unpaired) electrons. The largest absolute Gasteiger partial charge is 0.447 e. The monoisotopic (exact) mass is 259 g/mol. The standard InChI is InChI=1S/C10H17N3O5/c14-9-18-10(15)13(11-1-5-16-6-2-11)12-3-7-17-8-4-12/h9H,1-8H2. The first-order valence-electron chi connectivity index (χ1n) is 5.92. The maximum atomic E-state index is 11.8. The molecule has 0 aromatic carbocycles. The van der Waals surface area contributed by atoms with Crippen molar-refractivity contribution in [2.45, 2.75) is 0 Å². The van der Waals surface area contributed by atoms with E-state index in [-0.39, 0.29) is 6.47 Å². The van der Waals surface area contributed by atoms with Gasteiger partial charge in [-0.3, -0.25) is 4.79 Å². The second-order valence-corrected chi connectivity index (χ2v) is 3.90. The van der Waals surface area contributed by atoms with E-state index in [0.717, 1.165) is 0 Å². The summed E-state index contributed by atoms with van der Waals surface area (Å²) in [5.74, 6) is 0. The van der Waals surface area contributed by atoms with Crippen LogP contribution < -0.4 is 0 Å². The second kappa shape index (κ2) is 6.64. The first-order chi connectivity index (χ1) is 8.83. The molecule has 18 heavy (non-hydrogen) atoms. The van der Waals surface area contributed by atoms with Crippen molar-refractivity contribution in [3.63, 3.8) is 0 Å². The van der Waals surface area contributed by atoms with E-state index in [1.165, 1.54) is 5.12 Å². The fourth-order valence-corrected chi connectivity index (χ4v) is 1.98. The number of nitrogens with zero attached hydrogens (tertiary/aromatic N) is 3. The van der Waals surface area contributed by atoms with E-state index in [2.05, 4.69) is 4.74 Å². The zero-order valence-electron chi connectivity index (χ0n) is 10.1. The second-order valence-electron chi connectivity index (χ2n) is 3.90. The Labute approximate surface area is 105 Å². The molecule has 2 rings (SSSR count). The van der Waals surface area contributed by atoms with Gasteiger partial charge >= 0.3 is 12.6 Å². The summed E-state index contributed by atoms with van der Waals surface area (Å²) in [5.41, 5.74) is 0. The molecule has 0 spiro atoms. The molecule has 8 nitrogen and oxygen atoms in total. The summed E-state index contributed by atoms with van der Waals surface area (Å²) < 4.78 is 14.9. The number of carbonyl (C=O) groups is 2. The summed E-state index contributed by atoms with van der Waals surface area (Å²) in [6, 6.07) is 0. The summed E-state index contributed by atoms with van der Waals surface area (Å²) in [6.45, 7) is 4.71. The highest BCUT2D eigenvalue weighted by Gasteiger charge is 2.31. The molecule has 0 saturated carbocycles. The molecule has 0 unspecified atom stereocenters. The van der Waals surface area contributed by atoms with Gasteiger partial charge in [-0.1, -0.05) is 0 Å². The number of rotatable bonds is 3. The van der Waals surface area contributed by atoms with Crippen LogP contribution in [0.1, 0.15) is 0 Å². The van der Waals surface area contributed by atoms with E-state index in [4.69, 9.17) is 9.47 Å². The molecule has 2 aliphatic rings. The predicted molar refractivity (Wildman–Crippen MR) is 59.2 cm³/mol. The highest BCUT2D eigenvalue weighted by atomic mass is 16.6. The predicted octanol–water partition coefficient (Wildman–Crippen LogP) is -0.924. The van der Waals surface area contributed by atoms with Crippen LogP contribution in [0.2, 0.25) is 0 Å². The van der Waals surface area contributed by atoms with Crippen LogP contribution in [0.25, 0.3) is 0 Å². The fourth-order valence-electron chi connectivity index (χ4n) is 1.98. The summed E-state index contributed by atoms with van der Waals surface area (Å²) >= 11 is 0. The number of hydrogen-bond donors (Lipinski definition) is 0. The summed E-state index contributed by atoms with van der Waals surface area (Å²) in [4.78, 5) is 22.2. The Morgan fingerprint density at radius 1 is 1.00 bits per heavy atom. The van der Waals surface area contributed by atoms with Gasteiger partial charge in [-0.15, -0.1) is 0 Å². The Bertz CT molecular complexity index is 271. The Hall–Kier alpha value is -1.22. The first-order valence-corrected chi connectivity index (χ1v) is 5.92. The average Bonchev–Trinajstić information content (AvgIpc) is 2.42. The van der Waals surface area contributed by atoms with Gasteiger partial charge in [-0.2, -0.15) is 15.1 Å².